The summed E-state index contributed by atoms with van der Waals surface area (Å²) in [5.41, 5.74) is -6.36. The number of halogens is 3. The predicted molar refractivity (Wildman–Crippen MR) is 69.7 cm³/mol. The minimum Gasteiger partial charge on any atom is -0.261 e. The molecule has 22 heavy (non-hydrogen) atoms. The Morgan fingerprint density at radius 1 is 1.14 bits per heavy atom. The monoisotopic (exact) mass is 336 g/mol. The highest BCUT2D eigenvalue weighted by Crippen LogP contribution is 2.60. The molecule has 4 rings (SSSR count). The molecule has 4 saturated carbocycles. The van der Waals surface area contributed by atoms with Crippen LogP contribution in [-0.4, -0.2) is 19.6 Å². The van der Waals surface area contributed by atoms with Gasteiger partial charge in [0.05, 0.1) is 0 Å². The summed E-state index contributed by atoms with van der Waals surface area (Å²) in [6.45, 7) is 0. The van der Waals surface area contributed by atoms with E-state index < -0.39 is 21.0 Å². The van der Waals surface area contributed by atoms with Gasteiger partial charge in [-0.2, -0.15) is 26.9 Å². The summed E-state index contributed by atoms with van der Waals surface area (Å²) in [7, 11) is -5.81. The third-order valence-electron chi connectivity index (χ3n) is 5.16. The van der Waals surface area contributed by atoms with E-state index in [1.807, 2.05) is 0 Å². The van der Waals surface area contributed by atoms with Crippen LogP contribution in [0.3, 0.4) is 0 Å². The second-order valence-corrected chi connectivity index (χ2v) is 8.24. The summed E-state index contributed by atoms with van der Waals surface area (Å²) < 4.78 is 62.5. The molecule has 0 radical (unpaired) electrons. The smallest absolute Gasteiger partial charge is 0.261 e. The molecule has 4 aliphatic carbocycles. The molecule has 0 heterocycles. The Bertz CT molecular complexity index is 613. The first-order valence-corrected chi connectivity index (χ1v) is 8.54. The first kappa shape index (κ1) is 15.6. The first-order valence-electron chi connectivity index (χ1n) is 7.14. The molecule has 4 fully saturated rings. The molecule has 0 aromatic carbocycles. The van der Waals surface area contributed by atoms with Crippen molar-refractivity contribution in [2.45, 2.75) is 44.0 Å². The van der Waals surface area contributed by atoms with Crippen LogP contribution >= 0.6 is 0 Å². The second-order valence-electron chi connectivity index (χ2n) is 6.72. The van der Waals surface area contributed by atoms with Crippen molar-refractivity contribution in [1.82, 2.24) is 0 Å². The number of oxime groups is 1. The van der Waals surface area contributed by atoms with Gasteiger partial charge in [0.15, 0.2) is 5.71 Å². The van der Waals surface area contributed by atoms with Gasteiger partial charge in [-0.25, -0.2) is 0 Å². The lowest BCUT2D eigenvalue weighted by Gasteiger charge is -2.55. The lowest BCUT2D eigenvalue weighted by molar-refractivity contribution is -0.0544. The number of hydrogen-bond donors (Lipinski definition) is 0. The highest BCUT2D eigenvalue weighted by Gasteiger charge is 2.54. The van der Waals surface area contributed by atoms with Crippen molar-refractivity contribution in [3.8, 4) is 6.07 Å². The van der Waals surface area contributed by atoms with Crippen LogP contribution < -0.4 is 0 Å². The van der Waals surface area contributed by atoms with Crippen LogP contribution in [0, 0.1) is 34.5 Å². The first-order chi connectivity index (χ1) is 10.2. The van der Waals surface area contributed by atoms with Gasteiger partial charge in [-0.15, -0.1) is 0 Å². The van der Waals surface area contributed by atoms with Crippen LogP contribution in [0.2, 0.25) is 0 Å². The normalized spacial score (nSPS) is 37.9. The van der Waals surface area contributed by atoms with E-state index in [1.54, 1.807) is 6.07 Å². The van der Waals surface area contributed by atoms with Gasteiger partial charge in [-0.3, -0.25) is 4.28 Å². The summed E-state index contributed by atoms with van der Waals surface area (Å²) in [6.07, 6.45) is 5.29. The van der Waals surface area contributed by atoms with Gasteiger partial charge in [-0.1, -0.05) is 5.16 Å². The standard InChI is InChI=1S/C13H15F3N2O3S/c14-13(15,16)22(19,20)21-18-11(7-17)12-4-8-1-9(5-12)3-10(2-8)6-12/h8-10H,1-6H2/b18-11+. The quantitative estimate of drug-likeness (QED) is 0.451. The minimum absolute atomic E-state index is 0.209. The van der Waals surface area contributed by atoms with Crippen LogP contribution in [-0.2, 0) is 14.4 Å². The van der Waals surface area contributed by atoms with Crippen molar-refractivity contribution in [1.29, 1.82) is 5.26 Å². The Balaban J connectivity index is 1.86. The summed E-state index contributed by atoms with van der Waals surface area (Å²) >= 11 is 0. The van der Waals surface area contributed by atoms with Gasteiger partial charge in [0.1, 0.15) is 6.07 Å². The number of rotatable bonds is 3. The minimum atomic E-state index is -5.81. The molecule has 0 aromatic rings. The van der Waals surface area contributed by atoms with Crippen LogP contribution in [0.4, 0.5) is 13.2 Å². The average molecular weight is 336 g/mol. The summed E-state index contributed by atoms with van der Waals surface area (Å²) in [5, 5.41) is 12.4. The molecule has 122 valence electrons. The fourth-order valence-corrected chi connectivity index (χ4v) is 5.02. The maximum absolute atomic E-state index is 12.3. The molecule has 0 spiro atoms. The Kier molecular flexibility index (Phi) is 3.43. The zero-order valence-corrected chi connectivity index (χ0v) is 12.5. The van der Waals surface area contributed by atoms with Gasteiger partial charge >= 0.3 is 15.6 Å². The van der Waals surface area contributed by atoms with Gasteiger partial charge in [0.25, 0.3) is 0 Å². The SMILES string of the molecule is N#C/C(=N\OS(=O)(=O)C(F)(F)F)C12CC3CC(CC(C3)C1)C2. The predicted octanol–water partition coefficient (Wildman–Crippen LogP) is 2.95. The van der Waals surface area contributed by atoms with Gasteiger partial charge < -0.3 is 0 Å². The Hall–Kier alpha value is -1.30. The van der Waals surface area contributed by atoms with Crippen molar-refractivity contribution in [2.75, 3.05) is 0 Å². The largest absolute Gasteiger partial charge is 0.536 e. The van der Waals surface area contributed by atoms with Crippen molar-refractivity contribution < 1.29 is 25.9 Å². The lowest BCUT2D eigenvalue weighted by Crippen LogP contribution is -2.49. The molecule has 4 aliphatic rings. The van der Waals surface area contributed by atoms with E-state index in [1.165, 1.54) is 0 Å². The maximum Gasteiger partial charge on any atom is 0.536 e. The number of nitriles is 1. The molecule has 0 atom stereocenters. The third kappa shape index (κ3) is 2.47. The van der Waals surface area contributed by atoms with E-state index in [0.29, 0.717) is 37.0 Å². The molecule has 0 amide bonds. The molecule has 9 heteroatoms. The second kappa shape index (κ2) is 4.85. The van der Waals surface area contributed by atoms with Crippen molar-refractivity contribution >= 4 is 15.8 Å². The van der Waals surface area contributed by atoms with Gasteiger partial charge in [0, 0.05) is 5.41 Å². The number of alkyl halides is 3. The molecular formula is C13H15F3N2O3S. The molecule has 5 nitrogen and oxygen atoms in total. The molecule has 4 bridgehead atoms. The van der Waals surface area contributed by atoms with Gasteiger partial charge in [-0.05, 0) is 56.3 Å². The third-order valence-corrected chi connectivity index (χ3v) is 5.99. The summed E-state index contributed by atoms with van der Waals surface area (Å²) in [6, 6.07) is 1.78. The Morgan fingerprint density at radius 3 is 1.95 bits per heavy atom. The summed E-state index contributed by atoms with van der Waals surface area (Å²) in [5.74, 6) is 1.34. The lowest BCUT2D eigenvalue weighted by atomic mass is 9.48. The Morgan fingerprint density at radius 2 is 1.59 bits per heavy atom. The number of nitrogens with zero attached hydrogens (tertiary/aromatic N) is 2. The highest BCUT2D eigenvalue weighted by atomic mass is 32.2. The Labute approximate surface area is 126 Å². The highest BCUT2D eigenvalue weighted by molar-refractivity contribution is 7.87. The van der Waals surface area contributed by atoms with Gasteiger partial charge in [0.2, 0.25) is 0 Å². The van der Waals surface area contributed by atoms with E-state index in [4.69, 9.17) is 0 Å². The molecule has 0 saturated heterocycles. The molecule has 0 aromatic heterocycles. The van der Waals surface area contributed by atoms with Crippen LogP contribution in [0.25, 0.3) is 0 Å². The zero-order valence-electron chi connectivity index (χ0n) is 11.6. The topological polar surface area (TPSA) is 79.5 Å². The van der Waals surface area contributed by atoms with Crippen LogP contribution in [0.1, 0.15) is 38.5 Å². The molecule has 0 aliphatic heterocycles. The fraction of sp³-hybridized carbons (Fsp3) is 0.846. The van der Waals surface area contributed by atoms with E-state index in [0.717, 1.165) is 19.3 Å². The van der Waals surface area contributed by atoms with Crippen molar-refractivity contribution in [3.05, 3.63) is 0 Å². The van der Waals surface area contributed by atoms with Crippen molar-refractivity contribution in [2.24, 2.45) is 28.3 Å². The van der Waals surface area contributed by atoms with E-state index in [-0.39, 0.29) is 5.71 Å². The average Bonchev–Trinajstić information content (AvgIpc) is 2.35. The van der Waals surface area contributed by atoms with E-state index in [9.17, 15) is 26.9 Å². The molecule has 0 unspecified atom stereocenters. The zero-order chi connectivity index (χ0) is 16.2. The summed E-state index contributed by atoms with van der Waals surface area (Å²) in [4.78, 5) is 0. The molecular weight excluding hydrogens is 321 g/mol. The van der Waals surface area contributed by atoms with E-state index >= 15 is 0 Å². The number of hydrogen-bond acceptors (Lipinski definition) is 5. The fourth-order valence-electron chi connectivity index (χ4n) is 4.77. The van der Waals surface area contributed by atoms with Crippen LogP contribution in [0.15, 0.2) is 5.16 Å². The van der Waals surface area contributed by atoms with Crippen molar-refractivity contribution in [3.63, 3.8) is 0 Å². The molecule has 0 N–H and O–H groups in total. The van der Waals surface area contributed by atoms with E-state index in [2.05, 4.69) is 9.44 Å². The maximum atomic E-state index is 12.3. The van der Waals surface area contributed by atoms with Crippen LogP contribution in [0.5, 0.6) is 0 Å².